The van der Waals surface area contributed by atoms with Crippen LogP contribution in [-0.2, 0) is 11.3 Å². The molecule has 21 heavy (non-hydrogen) atoms. The Morgan fingerprint density at radius 3 is 2.67 bits per heavy atom. The smallest absolute Gasteiger partial charge is 0.230 e. The second kappa shape index (κ2) is 7.96. The molecular formula is C16H16ClNO2S. The van der Waals surface area contributed by atoms with Crippen molar-refractivity contribution in [1.29, 1.82) is 0 Å². The Morgan fingerprint density at radius 1 is 1.24 bits per heavy atom. The molecule has 2 rings (SSSR count). The number of nitrogens with one attached hydrogen (secondary N) is 1. The average molecular weight is 322 g/mol. The van der Waals surface area contributed by atoms with Gasteiger partial charge in [0.1, 0.15) is 5.75 Å². The number of ether oxygens (including phenoxy) is 1. The maximum atomic E-state index is 11.8. The first kappa shape index (κ1) is 15.7. The zero-order chi connectivity index (χ0) is 15.1. The highest BCUT2D eigenvalue weighted by atomic mass is 35.5. The Labute approximate surface area is 133 Å². The minimum absolute atomic E-state index is 0.00389. The Kier molecular flexibility index (Phi) is 5.96. The SMILES string of the molecule is COc1ccc(CNC(=O)CSc2cccc(Cl)c2)cc1. The lowest BCUT2D eigenvalue weighted by molar-refractivity contribution is -0.118. The summed E-state index contributed by atoms with van der Waals surface area (Å²) in [6.07, 6.45) is 0. The molecule has 0 saturated heterocycles. The lowest BCUT2D eigenvalue weighted by Crippen LogP contribution is -2.24. The Bertz CT molecular complexity index is 601. The molecule has 1 amide bonds. The van der Waals surface area contributed by atoms with E-state index in [0.29, 0.717) is 17.3 Å². The third-order valence-electron chi connectivity index (χ3n) is 2.81. The van der Waals surface area contributed by atoms with E-state index < -0.39 is 0 Å². The van der Waals surface area contributed by atoms with E-state index in [-0.39, 0.29) is 5.91 Å². The third-order valence-corrected chi connectivity index (χ3v) is 4.04. The molecule has 0 radical (unpaired) electrons. The maximum absolute atomic E-state index is 11.8. The Balaban J connectivity index is 1.76. The van der Waals surface area contributed by atoms with Gasteiger partial charge in [0.2, 0.25) is 5.91 Å². The number of carbonyl (C=O) groups excluding carboxylic acids is 1. The highest BCUT2D eigenvalue weighted by molar-refractivity contribution is 8.00. The van der Waals surface area contributed by atoms with Crippen molar-refractivity contribution in [2.45, 2.75) is 11.4 Å². The fourth-order valence-electron chi connectivity index (χ4n) is 1.70. The van der Waals surface area contributed by atoms with E-state index in [1.807, 2.05) is 48.5 Å². The number of rotatable bonds is 6. The lowest BCUT2D eigenvalue weighted by Gasteiger charge is -2.06. The summed E-state index contributed by atoms with van der Waals surface area (Å²) < 4.78 is 5.09. The van der Waals surface area contributed by atoms with Crippen molar-refractivity contribution in [3.63, 3.8) is 0 Å². The number of thioether (sulfide) groups is 1. The number of methoxy groups -OCH3 is 1. The molecule has 0 aromatic heterocycles. The standard InChI is InChI=1S/C16H16ClNO2S/c1-20-14-7-5-12(6-8-14)10-18-16(19)11-21-15-4-2-3-13(17)9-15/h2-9H,10-11H2,1H3,(H,18,19). The van der Waals surface area contributed by atoms with Gasteiger partial charge in [0.15, 0.2) is 0 Å². The number of hydrogen-bond acceptors (Lipinski definition) is 3. The third kappa shape index (κ3) is 5.33. The Hall–Kier alpha value is -1.65. The largest absolute Gasteiger partial charge is 0.497 e. The zero-order valence-electron chi connectivity index (χ0n) is 11.6. The van der Waals surface area contributed by atoms with Gasteiger partial charge >= 0.3 is 0 Å². The van der Waals surface area contributed by atoms with E-state index >= 15 is 0 Å². The molecule has 2 aromatic rings. The molecule has 0 bridgehead atoms. The molecule has 0 spiro atoms. The molecule has 0 unspecified atom stereocenters. The summed E-state index contributed by atoms with van der Waals surface area (Å²) in [4.78, 5) is 12.8. The van der Waals surface area contributed by atoms with Crippen LogP contribution in [0, 0.1) is 0 Å². The molecule has 110 valence electrons. The van der Waals surface area contributed by atoms with Crippen molar-refractivity contribution in [3.05, 3.63) is 59.1 Å². The van der Waals surface area contributed by atoms with Crippen molar-refractivity contribution >= 4 is 29.3 Å². The molecule has 0 atom stereocenters. The van der Waals surface area contributed by atoms with Gasteiger partial charge in [-0.05, 0) is 35.9 Å². The van der Waals surface area contributed by atoms with Crippen LogP contribution < -0.4 is 10.1 Å². The van der Waals surface area contributed by atoms with Gasteiger partial charge in [0.25, 0.3) is 0 Å². The second-order valence-corrected chi connectivity index (χ2v) is 5.86. The van der Waals surface area contributed by atoms with Crippen LogP contribution in [0.25, 0.3) is 0 Å². The normalized spacial score (nSPS) is 10.2. The molecule has 0 saturated carbocycles. The first-order valence-electron chi connectivity index (χ1n) is 6.45. The topological polar surface area (TPSA) is 38.3 Å². The molecule has 0 heterocycles. The van der Waals surface area contributed by atoms with Crippen LogP contribution in [0.1, 0.15) is 5.56 Å². The summed E-state index contributed by atoms with van der Waals surface area (Å²) in [5, 5.41) is 3.57. The van der Waals surface area contributed by atoms with Gasteiger partial charge in [-0.2, -0.15) is 0 Å². The van der Waals surface area contributed by atoms with Crippen LogP contribution in [-0.4, -0.2) is 18.8 Å². The number of carbonyl (C=O) groups is 1. The van der Waals surface area contributed by atoms with E-state index in [0.717, 1.165) is 16.2 Å². The van der Waals surface area contributed by atoms with Crippen molar-refractivity contribution in [1.82, 2.24) is 5.32 Å². The summed E-state index contributed by atoms with van der Waals surface area (Å²) in [5.41, 5.74) is 1.04. The van der Waals surface area contributed by atoms with Crippen molar-refractivity contribution < 1.29 is 9.53 Å². The average Bonchev–Trinajstić information content (AvgIpc) is 2.51. The van der Waals surface area contributed by atoms with Gasteiger partial charge in [-0.15, -0.1) is 11.8 Å². The van der Waals surface area contributed by atoms with Crippen LogP contribution in [0.2, 0.25) is 5.02 Å². The van der Waals surface area contributed by atoms with E-state index in [4.69, 9.17) is 16.3 Å². The molecule has 5 heteroatoms. The van der Waals surface area contributed by atoms with E-state index in [1.54, 1.807) is 7.11 Å². The van der Waals surface area contributed by atoms with Gasteiger partial charge in [0, 0.05) is 16.5 Å². The Morgan fingerprint density at radius 2 is 2.00 bits per heavy atom. The predicted octanol–water partition coefficient (Wildman–Crippen LogP) is 3.76. The molecule has 0 aliphatic heterocycles. The summed E-state index contributed by atoms with van der Waals surface area (Å²) in [5.74, 6) is 1.17. The van der Waals surface area contributed by atoms with E-state index in [1.165, 1.54) is 11.8 Å². The van der Waals surface area contributed by atoms with Crippen LogP contribution in [0.5, 0.6) is 5.75 Å². The lowest BCUT2D eigenvalue weighted by atomic mass is 10.2. The number of halogens is 1. The highest BCUT2D eigenvalue weighted by Gasteiger charge is 2.03. The molecule has 0 aliphatic carbocycles. The number of hydrogen-bond donors (Lipinski definition) is 1. The van der Waals surface area contributed by atoms with Crippen molar-refractivity contribution in [2.24, 2.45) is 0 Å². The quantitative estimate of drug-likeness (QED) is 0.823. The molecule has 0 fully saturated rings. The number of amides is 1. The van der Waals surface area contributed by atoms with Crippen LogP contribution in [0.15, 0.2) is 53.4 Å². The van der Waals surface area contributed by atoms with Gasteiger partial charge < -0.3 is 10.1 Å². The first-order valence-corrected chi connectivity index (χ1v) is 7.82. The van der Waals surface area contributed by atoms with Gasteiger partial charge in [-0.3, -0.25) is 4.79 Å². The highest BCUT2D eigenvalue weighted by Crippen LogP contribution is 2.21. The molecule has 0 aliphatic rings. The number of benzene rings is 2. The van der Waals surface area contributed by atoms with E-state index in [2.05, 4.69) is 5.32 Å². The van der Waals surface area contributed by atoms with Gasteiger partial charge in [-0.25, -0.2) is 0 Å². The summed E-state index contributed by atoms with van der Waals surface area (Å²) in [6.45, 7) is 0.513. The van der Waals surface area contributed by atoms with Gasteiger partial charge in [-0.1, -0.05) is 29.8 Å². The van der Waals surface area contributed by atoms with Crippen molar-refractivity contribution in [3.8, 4) is 5.75 Å². The molecular weight excluding hydrogens is 306 g/mol. The summed E-state index contributed by atoms with van der Waals surface area (Å²) >= 11 is 7.37. The minimum atomic E-state index is -0.00389. The monoisotopic (exact) mass is 321 g/mol. The fourth-order valence-corrected chi connectivity index (χ4v) is 2.74. The first-order chi connectivity index (χ1) is 10.2. The molecule has 1 N–H and O–H groups in total. The minimum Gasteiger partial charge on any atom is -0.497 e. The predicted molar refractivity (Wildman–Crippen MR) is 87.0 cm³/mol. The maximum Gasteiger partial charge on any atom is 0.230 e. The van der Waals surface area contributed by atoms with Crippen LogP contribution in [0.3, 0.4) is 0 Å². The summed E-state index contributed by atoms with van der Waals surface area (Å²) in [6, 6.07) is 15.1. The van der Waals surface area contributed by atoms with E-state index in [9.17, 15) is 4.79 Å². The van der Waals surface area contributed by atoms with Crippen molar-refractivity contribution in [2.75, 3.05) is 12.9 Å². The second-order valence-electron chi connectivity index (χ2n) is 4.37. The van der Waals surface area contributed by atoms with Crippen LogP contribution in [0.4, 0.5) is 0 Å². The van der Waals surface area contributed by atoms with Gasteiger partial charge in [0.05, 0.1) is 12.9 Å². The fraction of sp³-hybridized carbons (Fsp3) is 0.188. The molecule has 3 nitrogen and oxygen atoms in total. The van der Waals surface area contributed by atoms with Crippen LogP contribution >= 0.6 is 23.4 Å². The zero-order valence-corrected chi connectivity index (χ0v) is 13.2. The summed E-state index contributed by atoms with van der Waals surface area (Å²) in [7, 11) is 1.63. The molecule has 2 aromatic carbocycles.